The fourth-order valence-corrected chi connectivity index (χ4v) is 1.86. The maximum atomic E-state index is 11.3. The lowest BCUT2D eigenvalue weighted by Crippen LogP contribution is -2.22. The Morgan fingerprint density at radius 1 is 1.28 bits per heavy atom. The van der Waals surface area contributed by atoms with E-state index in [-0.39, 0.29) is 5.91 Å². The van der Waals surface area contributed by atoms with Crippen LogP contribution in [-0.4, -0.2) is 25.0 Å². The number of carbonyl (C=O) groups is 1. The number of hydrogen-bond donors (Lipinski definition) is 1. The van der Waals surface area contributed by atoms with Gasteiger partial charge < -0.3 is 14.8 Å². The molecule has 0 aliphatic carbocycles. The highest BCUT2D eigenvalue weighted by Crippen LogP contribution is 2.30. The Balaban J connectivity index is 1.97. The van der Waals surface area contributed by atoms with E-state index in [0.29, 0.717) is 32.1 Å². The lowest BCUT2D eigenvalue weighted by atomic mass is 10.2. The Morgan fingerprint density at radius 2 is 2.06 bits per heavy atom. The zero-order chi connectivity index (χ0) is 12.8. The summed E-state index contributed by atoms with van der Waals surface area (Å²) in [5.41, 5.74) is 0.988. The predicted octanol–water partition coefficient (Wildman–Crippen LogP) is 2.09. The van der Waals surface area contributed by atoms with Gasteiger partial charge >= 0.3 is 0 Å². The number of alkyl halides is 1. The van der Waals surface area contributed by atoms with E-state index in [2.05, 4.69) is 5.32 Å². The van der Waals surface area contributed by atoms with Crippen LogP contribution >= 0.6 is 11.6 Å². The summed E-state index contributed by atoms with van der Waals surface area (Å²) in [5, 5.41) is 2.80. The van der Waals surface area contributed by atoms with Gasteiger partial charge in [0, 0.05) is 25.3 Å². The minimum absolute atomic E-state index is 0.0443. The van der Waals surface area contributed by atoms with E-state index >= 15 is 0 Å². The number of benzene rings is 1. The van der Waals surface area contributed by atoms with Gasteiger partial charge in [0.2, 0.25) is 5.91 Å². The summed E-state index contributed by atoms with van der Waals surface area (Å²) in [6, 6.07) is 5.71. The van der Waals surface area contributed by atoms with Crippen molar-refractivity contribution < 1.29 is 14.3 Å². The Morgan fingerprint density at radius 3 is 2.83 bits per heavy atom. The van der Waals surface area contributed by atoms with Crippen molar-refractivity contribution in [3.05, 3.63) is 23.8 Å². The Bertz CT molecular complexity index is 423. The van der Waals surface area contributed by atoms with Crippen LogP contribution in [0.5, 0.6) is 11.5 Å². The molecule has 1 N–H and O–H groups in total. The maximum Gasteiger partial charge on any atom is 0.221 e. The zero-order valence-corrected chi connectivity index (χ0v) is 10.8. The molecule has 1 aromatic carbocycles. The van der Waals surface area contributed by atoms with E-state index in [1.807, 2.05) is 18.2 Å². The van der Waals surface area contributed by atoms with Crippen LogP contribution in [0.4, 0.5) is 0 Å². The SMILES string of the molecule is O=C(CCCl)NCc1ccc2c(c1)OCCCO2. The summed E-state index contributed by atoms with van der Waals surface area (Å²) in [6.07, 6.45) is 1.22. The van der Waals surface area contributed by atoms with Gasteiger partial charge in [-0.3, -0.25) is 4.79 Å². The summed E-state index contributed by atoms with van der Waals surface area (Å²) in [7, 11) is 0. The maximum absolute atomic E-state index is 11.3. The topological polar surface area (TPSA) is 47.6 Å². The largest absolute Gasteiger partial charge is 0.490 e. The molecule has 0 spiro atoms. The third-order valence-electron chi connectivity index (χ3n) is 2.62. The Kier molecular flexibility index (Phi) is 4.70. The first-order valence-electron chi connectivity index (χ1n) is 6.01. The molecule has 1 aliphatic rings. The molecule has 5 heteroatoms. The van der Waals surface area contributed by atoms with Crippen LogP contribution in [0.2, 0.25) is 0 Å². The van der Waals surface area contributed by atoms with Crippen molar-refractivity contribution in [2.45, 2.75) is 19.4 Å². The molecular formula is C13H16ClNO3. The predicted molar refractivity (Wildman–Crippen MR) is 69.2 cm³/mol. The summed E-state index contributed by atoms with van der Waals surface area (Å²) in [4.78, 5) is 11.3. The van der Waals surface area contributed by atoms with Gasteiger partial charge in [-0.15, -0.1) is 11.6 Å². The molecule has 1 amide bonds. The molecule has 1 heterocycles. The lowest BCUT2D eigenvalue weighted by Gasteiger charge is -2.10. The molecule has 0 unspecified atom stereocenters. The first-order valence-corrected chi connectivity index (χ1v) is 6.54. The zero-order valence-electron chi connectivity index (χ0n) is 10.1. The monoisotopic (exact) mass is 269 g/mol. The second kappa shape index (κ2) is 6.50. The molecule has 98 valence electrons. The van der Waals surface area contributed by atoms with Gasteiger partial charge in [0.05, 0.1) is 13.2 Å². The summed E-state index contributed by atoms with van der Waals surface area (Å²) in [5.74, 6) is 1.81. The number of halogens is 1. The lowest BCUT2D eigenvalue weighted by molar-refractivity contribution is -0.120. The standard InChI is InChI=1S/C13H16ClNO3/c14-5-4-13(16)15-9-10-2-3-11-12(8-10)18-7-1-6-17-11/h2-3,8H,1,4-7,9H2,(H,15,16). The van der Waals surface area contributed by atoms with Gasteiger partial charge in [-0.05, 0) is 17.7 Å². The summed E-state index contributed by atoms with van der Waals surface area (Å²) >= 11 is 5.49. The molecule has 0 aromatic heterocycles. The molecule has 4 nitrogen and oxygen atoms in total. The number of nitrogens with one attached hydrogen (secondary N) is 1. The fraction of sp³-hybridized carbons (Fsp3) is 0.462. The molecule has 0 bridgehead atoms. The highest BCUT2D eigenvalue weighted by atomic mass is 35.5. The molecule has 0 atom stereocenters. The van der Waals surface area contributed by atoms with Crippen LogP contribution in [-0.2, 0) is 11.3 Å². The number of ether oxygens (including phenoxy) is 2. The van der Waals surface area contributed by atoms with E-state index in [9.17, 15) is 4.79 Å². The molecule has 2 rings (SSSR count). The van der Waals surface area contributed by atoms with Crippen LogP contribution in [0.25, 0.3) is 0 Å². The molecule has 1 aromatic rings. The van der Waals surface area contributed by atoms with Gasteiger partial charge in [0.25, 0.3) is 0 Å². The minimum atomic E-state index is -0.0443. The third-order valence-corrected chi connectivity index (χ3v) is 2.81. The molecule has 0 saturated heterocycles. The number of hydrogen-bond acceptors (Lipinski definition) is 3. The molecular weight excluding hydrogens is 254 g/mol. The average Bonchev–Trinajstić information content (AvgIpc) is 2.61. The van der Waals surface area contributed by atoms with E-state index in [1.165, 1.54) is 0 Å². The van der Waals surface area contributed by atoms with Crippen molar-refractivity contribution in [1.29, 1.82) is 0 Å². The number of rotatable bonds is 4. The highest BCUT2D eigenvalue weighted by molar-refractivity contribution is 6.18. The molecule has 1 aliphatic heterocycles. The van der Waals surface area contributed by atoms with Crippen molar-refractivity contribution in [3.8, 4) is 11.5 Å². The van der Waals surface area contributed by atoms with Gasteiger partial charge in [-0.25, -0.2) is 0 Å². The summed E-state index contributed by atoms with van der Waals surface area (Å²) < 4.78 is 11.1. The van der Waals surface area contributed by atoms with Gasteiger partial charge in [0.1, 0.15) is 0 Å². The van der Waals surface area contributed by atoms with Gasteiger partial charge in [0.15, 0.2) is 11.5 Å². The molecule has 0 radical (unpaired) electrons. The quantitative estimate of drug-likeness (QED) is 0.852. The van der Waals surface area contributed by atoms with E-state index in [0.717, 1.165) is 23.5 Å². The van der Waals surface area contributed by atoms with E-state index in [1.54, 1.807) is 0 Å². The minimum Gasteiger partial charge on any atom is -0.490 e. The fourth-order valence-electron chi connectivity index (χ4n) is 1.69. The molecule has 0 fully saturated rings. The summed E-state index contributed by atoms with van der Waals surface area (Å²) in [6.45, 7) is 1.82. The number of carbonyl (C=O) groups excluding carboxylic acids is 1. The van der Waals surface area contributed by atoms with Crippen LogP contribution in [0.15, 0.2) is 18.2 Å². The second-order valence-electron chi connectivity index (χ2n) is 4.05. The average molecular weight is 270 g/mol. The van der Waals surface area contributed by atoms with Crippen molar-refractivity contribution in [2.75, 3.05) is 19.1 Å². The Hall–Kier alpha value is -1.42. The molecule has 18 heavy (non-hydrogen) atoms. The van der Waals surface area contributed by atoms with E-state index < -0.39 is 0 Å². The van der Waals surface area contributed by atoms with Crippen LogP contribution in [0.1, 0.15) is 18.4 Å². The normalized spacial score (nSPS) is 13.8. The van der Waals surface area contributed by atoms with Crippen molar-refractivity contribution in [2.24, 2.45) is 0 Å². The highest BCUT2D eigenvalue weighted by Gasteiger charge is 2.10. The van der Waals surface area contributed by atoms with Crippen LogP contribution < -0.4 is 14.8 Å². The van der Waals surface area contributed by atoms with E-state index in [4.69, 9.17) is 21.1 Å². The van der Waals surface area contributed by atoms with Crippen molar-refractivity contribution in [3.63, 3.8) is 0 Å². The smallest absolute Gasteiger partial charge is 0.221 e. The number of amides is 1. The van der Waals surface area contributed by atoms with Gasteiger partial charge in [-0.1, -0.05) is 6.07 Å². The van der Waals surface area contributed by atoms with Crippen molar-refractivity contribution in [1.82, 2.24) is 5.32 Å². The first kappa shape index (κ1) is 13.0. The second-order valence-corrected chi connectivity index (χ2v) is 4.43. The number of fused-ring (bicyclic) bond motifs is 1. The van der Waals surface area contributed by atoms with Gasteiger partial charge in [-0.2, -0.15) is 0 Å². The van der Waals surface area contributed by atoms with Crippen LogP contribution in [0, 0.1) is 0 Å². The van der Waals surface area contributed by atoms with Crippen molar-refractivity contribution >= 4 is 17.5 Å². The first-order chi connectivity index (χ1) is 8.79. The third kappa shape index (κ3) is 3.53. The molecule has 0 saturated carbocycles. The Labute approximate surface area is 111 Å². The van der Waals surface area contributed by atoms with Crippen LogP contribution in [0.3, 0.4) is 0 Å².